The summed E-state index contributed by atoms with van der Waals surface area (Å²) in [4.78, 5) is 25.9. The maximum absolute atomic E-state index is 11.6. The molecule has 0 aliphatic heterocycles. The second kappa shape index (κ2) is 10.9. The van der Waals surface area contributed by atoms with E-state index in [1.54, 1.807) is 6.20 Å². The molecule has 0 saturated heterocycles. The molecule has 0 saturated carbocycles. The number of pyridine rings is 2. The van der Waals surface area contributed by atoms with Gasteiger partial charge in [0.15, 0.2) is 19.8 Å². The molecule has 9 heteroatoms. The Morgan fingerprint density at radius 3 is 2.44 bits per heavy atom. The van der Waals surface area contributed by atoms with E-state index in [0.29, 0.717) is 29.6 Å². The molecule has 0 radical (unpaired) electrons. The summed E-state index contributed by atoms with van der Waals surface area (Å²) in [5.74, 6) is 0.930. The first kappa shape index (κ1) is 28.2. The summed E-state index contributed by atoms with van der Waals surface area (Å²) >= 11 is 0. The molecule has 3 aromatic heterocycles. The predicted octanol–water partition coefficient (Wildman–Crippen LogP) is 7.21. The van der Waals surface area contributed by atoms with Gasteiger partial charge in [0.2, 0.25) is 5.91 Å². The van der Waals surface area contributed by atoms with Gasteiger partial charge in [-0.3, -0.25) is 9.36 Å². The zero-order chi connectivity index (χ0) is 29.4. The zero-order valence-electron chi connectivity index (χ0n) is 24.4. The van der Waals surface area contributed by atoms with E-state index in [2.05, 4.69) is 68.4 Å². The number of carbonyl (C=O) groups excluding carboxylic acids is 1. The van der Waals surface area contributed by atoms with Crippen LogP contribution in [0.3, 0.4) is 0 Å². The summed E-state index contributed by atoms with van der Waals surface area (Å²) in [6.07, 6.45) is 1.67. The van der Waals surface area contributed by atoms with Crippen LogP contribution in [-0.4, -0.2) is 33.7 Å². The first-order valence-electron chi connectivity index (χ1n) is 13.6. The van der Waals surface area contributed by atoms with Gasteiger partial charge < -0.3 is 15.5 Å². The van der Waals surface area contributed by atoms with Crippen molar-refractivity contribution in [1.82, 2.24) is 19.5 Å². The predicted molar refractivity (Wildman–Crippen MR) is 168 cm³/mol. The molecule has 3 N–H and O–H groups in total. The number of anilines is 2. The first-order chi connectivity index (χ1) is 19.4. The van der Waals surface area contributed by atoms with Crippen molar-refractivity contribution >= 4 is 36.9 Å². The molecule has 5 rings (SSSR count). The molecule has 0 bridgehead atoms. The van der Waals surface area contributed by atoms with Gasteiger partial charge in [-0.25, -0.2) is 15.0 Å². The summed E-state index contributed by atoms with van der Waals surface area (Å²) in [5.41, 5.74) is 12.8. The number of carbonyl (C=O) groups is 1. The molecule has 3 heterocycles. The lowest BCUT2D eigenvalue weighted by atomic mass is 10.1. The van der Waals surface area contributed by atoms with Crippen molar-refractivity contribution in [3.8, 4) is 28.3 Å². The van der Waals surface area contributed by atoms with E-state index < -0.39 is 8.32 Å². The van der Waals surface area contributed by atoms with E-state index in [1.807, 2.05) is 53.1 Å². The average Bonchev–Trinajstić information content (AvgIpc) is 3.30. The molecule has 0 atom stereocenters. The Balaban J connectivity index is 1.59. The van der Waals surface area contributed by atoms with E-state index in [-0.39, 0.29) is 10.9 Å². The van der Waals surface area contributed by atoms with Gasteiger partial charge in [-0.05, 0) is 72.2 Å². The maximum Gasteiger partial charge on any atom is 0.221 e. The minimum absolute atomic E-state index is 0.125. The third-order valence-electron chi connectivity index (χ3n) is 7.66. The molecule has 210 valence electrons. The Kier molecular flexibility index (Phi) is 7.50. The number of nitrogen functional groups attached to an aromatic ring is 1. The molecule has 8 nitrogen and oxygen atoms in total. The molecular weight excluding hydrogens is 528 g/mol. The molecule has 5 aromatic rings. The van der Waals surface area contributed by atoms with Gasteiger partial charge in [0.25, 0.3) is 0 Å². The van der Waals surface area contributed by atoms with Crippen LogP contribution in [0, 0.1) is 0 Å². The van der Waals surface area contributed by atoms with Crippen LogP contribution in [0.25, 0.3) is 39.5 Å². The number of nitrogens with one attached hydrogen (secondary N) is 1. The quantitative estimate of drug-likeness (QED) is 0.202. The van der Waals surface area contributed by atoms with Gasteiger partial charge in [0.1, 0.15) is 11.3 Å². The van der Waals surface area contributed by atoms with E-state index >= 15 is 0 Å². The Labute approximate surface area is 241 Å². The van der Waals surface area contributed by atoms with Gasteiger partial charge >= 0.3 is 0 Å². The van der Waals surface area contributed by atoms with Crippen molar-refractivity contribution in [2.24, 2.45) is 0 Å². The van der Waals surface area contributed by atoms with Gasteiger partial charge in [0, 0.05) is 30.1 Å². The number of hydrogen-bond acceptors (Lipinski definition) is 6. The molecular formula is C32H36N6O2Si. The fourth-order valence-electron chi connectivity index (χ4n) is 4.33. The van der Waals surface area contributed by atoms with Crippen LogP contribution >= 0.6 is 0 Å². The smallest absolute Gasteiger partial charge is 0.221 e. The summed E-state index contributed by atoms with van der Waals surface area (Å²) in [6.45, 7) is 13.3. The van der Waals surface area contributed by atoms with Crippen LogP contribution < -0.4 is 11.1 Å². The SMILES string of the molecule is CC(=O)Nc1cccc(-c2ccc3nc(-c4cccnc4N)n(-c4ccc(CO[Si](C)(C)C(C)(C)C)cc4)c3n2)c1. The lowest BCUT2D eigenvalue weighted by Crippen LogP contribution is -2.40. The number of rotatable bonds is 7. The molecule has 0 aliphatic carbocycles. The Bertz CT molecular complexity index is 1720. The fourth-order valence-corrected chi connectivity index (χ4v) is 5.29. The minimum Gasteiger partial charge on any atom is -0.413 e. The first-order valence-corrected chi connectivity index (χ1v) is 16.6. The van der Waals surface area contributed by atoms with E-state index in [4.69, 9.17) is 20.1 Å². The number of benzene rings is 2. The van der Waals surface area contributed by atoms with Crippen LogP contribution in [0.1, 0.15) is 33.3 Å². The number of nitrogens with zero attached hydrogens (tertiary/aromatic N) is 4. The van der Waals surface area contributed by atoms with Gasteiger partial charge in [-0.15, -0.1) is 0 Å². The molecule has 41 heavy (non-hydrogen) atoms. The van der Waals surface area contributed by atoms with Crippen molar-refractivity contribution in [1.29, 1.82) is 0 Å². The number of amides is 1. The van der Waals surface area contributed by atoms with Gasteiger partial charge in [-0.1, -0.05) is 45.0 Å². The number of nitrogens with two attached hydrogens (primary N) is 1. The average molecular weight is 565 g/mol. The maximum atomic E-state index is 11.6. The highest BCUT2D eigenvalue weighted by atomic mass is 28.4. The van der Waals surface area contributed by atoms with Crippen molar-refractivity contribution in [3.05, 3.63) is 84.6 Å². The van der Waals surface area contributed by atoms with Gasteiger partial charge in [0.05, 0.1) is 17.9 Å². The van der Waals surface area contributed by atoms with Crippen LogP contribution in [0.15, 0.2) is 79.0 Å². The Morgan fingerprint density at radius 1 is 1.00 bits per heavy atom. The largest absolute Gasteiger partial charge is 0.413 e. The second-order valence-electron chi connectivity index (χ2n) is 11.7. The minimum atomic E-state index is -1.87. The fraction of sp³-hybridized carbons (Fsp3) is 0.250. The molecule has 1 amide bonds. The molecule has 0 unspecified atom stereocenters. The lowest BCUT2D eigenvalue weighted by Gasteiger charge is -2.36. The normalized spacial score (nSPS) is 12.0. The lowest BCUT2D eigenvalue weighted by molar-refractivity contribution is -0.114. The molecule has 2 aromatic carbocycles. The summed E-state index contributed by atoms with van der Waals surface area (Å²) in [5, 5.41) is 2.99. The summed E-state index contributed by atoms with van der Waals surface area (Å²) in [6, 6.07) is 23.6. The molecule has 0 fully saturated rings. The molecule has 0 aliphatic rings. The van der Waals surface area contributed by atoms with Crippen LogP contribution in [0.2, 0.25) is 18.1 Å². The summed E-state index contributed by atoms with van der Waals surface area (Å²) < 4.78 is 8.46. The van der Waals surface area contributed by atoms with E-state index in [1.165, 1.54) is 6.92 Å². The summed E-state index contributed by atoms with van der Waals surface area (Å²) in [7, 11) is -1.87. The van der Waals surface area contributed by atoms with E-state index in [0.717, 1.165) is 33.6 Å². The van der Waals surface area contributed by atoms with Crippen molar-refractivity contribution in [2.75, 3.05) is 11.1 Å². The van der Waals surface area contributed by atoms with Crippen LogP contribution in [0.5, 0.6) is 0 Å². The number of hydrogen-bond donors (Lipinski definition) is 2. The van der Waals surface area contributed by atoms with Crippen molar-refractivity contribution in [3.63, 3.8) is 0 Å². The number of fused-ring (bicyclic) bond motifs is 1. The topological polar surface area (TPSA) is 108 Å². The van der Waals surface area contributed by atoms with Gasteiger partial charge in [-0.2, -0.15) is 0 Å². The third kappa shape index (κ3) is 5.91. The van der Waals surface area contributed by atoms with Crippen LogP contribution in [0.4, 0.5) is 11.5 Å². The van der Waals surface area contributed by atoms with Crippen molar-refractivity contribution in [2.45, 2.75) is 52.4 Å². The Morgan fingerprint density at radius 2 is 1.76 bits per heavy atom. The number of imidazole rings is 1. The highest BCUT2D eigenvalue weighted by Gasteiger charge is 2.37. The third-order valence-corrected chi connectivity index (χ3v) is 12.1. The van der Waals surface area contributed by atoms with E-state index in [9.17, 15) is 4.79 Å². The van der Waals surface area contributed by atoms with Crippen LogP contribution in [-0.2, 0) is 15.8 Å². The zero-order valence-corrected chi connectivity index (χ0v) is 25.4. The monoisotopic (exact) mass is 564 g/mol. The molecule has 0 spiro atoms. The highest BCUT2D eigenvalue weighted by Crippen LogP contribution is 2.37. The van der Waals surface area contributed by atoms with Crippen molar-refractivity contribution < 1.29 is 9.22 Å². The standard InChI is InChI=1S/C32H36N6O2Si/c1-21(39)35-24-10-7-9-23(19-24)27-16-17-28-31(36-27)38(30(37-28)26-11-8-18-34-29(26)33)25-14-12-22(13-15-25)20-40-41(5,6)32(2,3)4/h7-19H,20H2,1-6H3,(H2,33,34)(H,35,39). The highest BCUT2D eigenvalue weighted by molar-refractivity contribution is 6.74. The second-order valence-corrected chi connectivity index (χ2v) is 16.5. The number of aromatic nitrogens is 4. The Hall–Kier alpha value is -4.34.